The molecule has 0 radical (unpaired) electrons. The van der Waals surface area contributed by atoms with Gasteiger partial charge in [0.15, 0.2) is 6.10 Å². The van der Waals surface area contributed by atoms with Crippen molar-refractivity contribution in [1.82, 2.24) is 4.90 Å². The van der Waals surface area contributed by atoms with Crippen LogP contribution in [0, 0.1) is 5.82 Å². The molecule has 1 fully saturated rings. The molecular weight excluding hydrogens is 253 g/mol. The minimum Gasteiger partial charge on any atom is -0.479 e. The van der Waals surface area contributed by atoms with Crippen LogP contribution in [0.15, 0.2) is 24.3 Å². The van der Waals surface area contributed by atoms with Crippen molar-refractivity contribution in [2.75, 3.05) is 6.54 Å². The van der Waals surface area contributed by atoms with Crippen molar-refractivity contribution in [3.05, 3.63) is 35.6 Å². The highest BCUT2D eigenvalue weighted by Gasteiger charge is 2.37. The number of carboxylic acids is 1. The quantitative estimate of drug-likeness (QED) is 0.852. The molecule has 2 rings (SSSR count). The number of benzene rings is 1. The Bertz CT molecular complexity index is 488. The molecule has 0 spiro atoms. The van der Waals surface area contributed by atoms with Crippen LogP contribution in [0.3, 0.4) is 0 Å². The lowest BCUT2D eigenvalue weighted by atomic mass is 10.1. The molecule has 2 atom stereocenters. The maximum absolute atomic E-state index is 12.8. The third kappa shape index (κ3) is 2.73. The van der Waals surface area contributed by atoms with Crippen LogP contribution in [0.25, 0.3) is 0 Å². The van der Waals surface area contributed by atoms with E-state index in [0.29, 0.717) is 19.4 Å². The first kappa shape index (κ1) is 13.5. The van der Waals surface area contributed by atoms with Crippen molar-refractivity contribution in [3.63, 3.8) is 0 Å². The van der Waals surface area contributed by atoms with E-state index < -0.39 is 23.9 Å². The summed E-state index contributed by atoms with van der Waals surface area (Å²) in [6, 6.07) is 4.31. The number of likely N-dealkylation sites (tertiary alicyclic amines) is 1. The van der Waals surface area contributed by atoms with Crippen LogP contribution in [0.1, 0.15) is 23.2 Å². The van der Waals surface area contributed by atoms with Gasteiger partial charge in [0.1, 0.15) is 5.82 Å². The second-order valence-electron chi connectivity index (χ2n) is 4.50. The number of carbonyl (C=O) groups excluding carboxylic acids is 1. The zero-order valence-corrected chi connectivity index (χ0v) is 10.1. The molecule has 0 bridgehead atoms. The van der Waals surface area contributed by atoms with Crippen LogP contribution in [0.4, 0.5) is 4.39 Å². The maximum atomic E-state index is 12.8. The van der Waals surface area contributed by atoms with E-state index in [1.54, 1.807) is 0 Å². The van der Waals surface area contributed by atoms with E-state index in [-0.39, 0.29) is 11.5 Å². The first-order valence-electron chi connectivity index (χ1n) is 5.98. The van der Waals surface area contributed by atoms with Crippen molar-refractivity contribution in [2.45, 2.75) is 25.0 Å². The molecule has 19 heavy (non-hydrogen) atoms. The number of halogens is 1. The molecular formula is C13H14FNO4. The van der Waals surface area contributed by atoms with Gasteiger partial charge in [-0.25, -0.2) is 9.18 Å². The van der Waals surface area contributed by atoms with Crippen LogP contribution < -0.4 is 0 Å². The molecule has 1 aromatic rings. The van der Waals surface area contributed by atoms with Gasteiger partial charge in [0.25, 0.3) is 5.91 Å². The lowest BCUT2D eigenvalue weighted by Gasteiger charge is -2.26. The highest BCUT2D eigenvalue weighted by molar-refractivity contribution is 5.95. The fraction of sp³-hybridized carbons (Fsp3) is 0.385. The Balaban J connectivity index is 2.18. The van der Waals surface area contributed by atoms with Gasteiger partial charge in [-0.1, -0.05) is 0 Å². The number of hydrogen-bond acceptors (Lipinski definition) is 3. The Morgan fingerprint density at radius 2 is 1.95 bits per heavy atom. The molecule has 1 saturated heterocycles. The number of carboxylic acid groups (broad SMARTS) is 1. The second-order valence-corrected chi connectivity index (χ2v) is 4.50. The van der Waals surface area contributed by atoms with Crippen molar-refractivity contribution >= 4 is 11.9 Å². The van der Waals surface area contributed by atoms with Gasteiger partial charge in [0, 0.05) is 12.1 Å². The number of aliphatic hydroxyl groups excluding tert-OH is 1. The summed E-state index contributed by atoms with van der Waals surface area (Å²) in [4.78, 5) is 24.3. The highest BCUT2D eigenvalue weighted by Crippen LogP contribution is 2.23. The molecule has 1 aromatic carbocycles. The van der Waals surface area contributed by atoms with Crippen LogP contribution in [0.5, 0.6) is 0 Å². The summed E-state index contributed by atoms with van der Waals surface area (Å²) in [6.45, 7) is 0.394. The molecule has 1 aliphatic heterocycles. The van der Waals surface area contributed by atoms with E-state index in [4.69, 9.17) is 5.11 Å². The first-order valence-corrected chi connectivity index (χ1v) is 5.98. The van der Waals surface area contributed by atoms with Gasteiger partial charge < -0.3 is 15.1 Å². The molecule has 2 N–H and O–H groups in total. The summed E-state index contributed by atoms with van der Waals surface area (Å²) in [5.41, 5.74) is 0.283. The molecule has 102 valence electrons. The molecule has 2 unspecified atom stereocenters. The monoisotopic (exact) mass is 267 g/mol. The zero-order valence-electron chi connectivity index (χ0n) is 10.1. The number of rotatable bonds is 3. The second kappa shape index (κ2) is 5.36. The minimum absolute atomic E-state index is 0.283. The van der Waals surface area contributed by atoms with Gasteiger partial charge >= 0.3 is 5.97 Å². The molecule has 6 heteroatoms. The SMILES string of the molecule is O=C(O)C(O)C1CCCN1C(=O)c1ccc(F)cc1. The van der Waals surface area contributed by atoms with Gasteiger partial charge in [-0.15, -0.1) is 0 Å². The number of hydrogen-bond donors (Lipinski definition) is 2. The van der Waals surface area contributed by atoms with E-state index in [1.165, 1.54) is 29.2 Å². The number of nitrogens with zero attached hydrogens (tertiary/aromatic N) is 1. The maximum Gasteiger partial charge on any atom is 0.334 e. The third-order valence-electron chi connectivity index (χ3n) is 3.27. The van der Waals surface area contributed by atoms with Gasteiger partial charge in [0.2, 0.25) is 0 Å². The average Bonchev–Trinajstić information content (AvgIpc) is 2.86. The Morgan fingerprint density at radius 3 is 2.53 bits per heavy atom. The fourth-order valence-corrected chi connectivity index (χ4v) is 2.30. The molecule has 0 aromatic heterocycles. The van der Waals surface area contributed by atoms with Gasteiger partial charge in [0.05, 0.1) is 6.04 Å². The molecule has 1 aliphatic rings. The van der Waals surface area contributed by atoms with Crippen LogP contribution in [-0.4, -0.2) is 45.7 Å². The van der Waals surface area contributed by atoms with Crippen molar-refractivity contribution < 1.29 is 24.2 Å². The number of carbonyl (C=O) groups is 2. The van der Waals surface area contributed by atoms with Gasteiger partial charge in [-0.2, -0.15) is 0 Å². The molecule has 1 heterocycles. The largest absolute Gasteiger partial charge is 0.479 e. The van der Waals surface area contributed by atoms with E-state index in [2.05, 4.69) is 0 Å². The minimum atomic E-state index is -1.59. The lowest BCUT2D eigenvalue weighted by molar-refractivity contribution is -0.149. The molecule has 0 aliphatic carbocycles. The fourth-order valence-electron chi connectivity index (χ4n) is 2.30. The third-order valence-corrected chi connectivity index (χ3v) is 3.27. The summed E-state index contributed by atoms with van der Waals surface area (Å²) < 4.78 is 12.8. The summed E-state index contributed by atoms with van der Waals surface area (Å²) in [5, 5.41) is 18.4. The Hall–Kier alpha value is -1.95. The standard InChI is InChI=1S/C13H14FNO4/c14-9-5-3-8(4-6-9)12(17)15-7-1-2-10(15)11(16)13(18)19/h3-6,10-11,16H,1-2,7H2,(H,18,19). The summed E-state index contributed by atoms with van der Waals surface area (Å²) in [7, 11) is 0. The van der Waals surface area contributed by atoms with Crippen LogP contribution >= 0.6 is 0 Å². The van der Waals surface area contributed by atoms with Crippen LogP contribution in [-0.2, 0) is 4.79 Å². The predicted octanol–water partition coefficient (Wildman–Crippen LogP) is 0.876. The van der Waals surface area contributed by atoms with E-state index in [0.717, 1.165) is 0 Å². The Kier molecular flexibility index (Phi) is 3.80. The Labute approximate surface area is 109 Å². The number of aliphatic hydroxyl groups is 1. The van der Waals surface area contributed by atoms with Crippen LogP contribution in [0.2, 0.25) is 0 Å². The Morgan fingerprint density at radius 1 is 1.32 bits per heavy atom. The topological polar surface area (TPSA) is 77.8 Å². The predicted molar refractivity (Wildman–Crippen MR) is 64.1 cm³/mol. The summed E-state index contributed by atoms with van der Waals surface area (Å²) in [5.74, 6) is -2.17. The van der Waals surface area contributed by atoms with Gasteiger partial charge in [-0.3, -0.25) is 4.79 Å². The number of aliphatic carboxylic acids is 1. The van der Waals surface area contributed by atoms with Crippen molar-refractivity contribution in [1.29, 1.82) is 0 Å². The van der Waals surface area contributed by atoms with Crippen molar-refractivity contribution in [3.8, 4) is 0 Å². The zero-order chi connectivity index (χ0) is 14.0. The average molecular weight is 267 g/mol. The van der Waals surface area contributed by atoms with E-state index >= 15 is 0 Å². The highest BCUT2D eigenvalue weighted by atomic mass is 19.1. The normalized spacial score (nSPS) is 20.3. The van der Waals surface area contributed by atoms with E-state index in [9.17, 15) is 19.1 Å². The lowest BCUT2D eigenvalue weighted by Crippen LogP contribution is -2.46. The van der Waals surface area contributed by atoms with Crippen molar-refractivity contribution in [2.24, 2.45) is 0 Å². The molecule has 0 saturated carbocycles. The molecule has 1 amide bonds. The number of amides is 1. The molecule has 5 nitrogen and oxygen atoms in total. The smallest absolute Gasteiger partial charge is 0.334 e. The summed E-state index contributed by atoms with van der Waals surface area (Å²) >= 11 is 0. The van der Waals surface area contributed by atoms with Gasteiger partial charge in [-0.05, 0) is 37.1 Å². The van der Waals surface area contributed by atoms with E-state index in [1.807, 2.05) is 0 Å². The summed E-state index contributed by atoms with van der Waals surface area (Å²) in [6.07, 6.45) is -0.505. The first-order chi connectivity index (χ1) is 9.00.